The highest BCUT2D eigenvalue weighted by atomic mass is 127. The van der Waals surface area contributed by atoms with Gasteiger partial charge in [-0.15, -0.1) is 0 Å². The van der Waals surface area contributed by atoms with Crippen LogP contribution in [0.3, 0.4) is 0 Å². The van der Waals surface area contributed by atoms with Gasteiger partial charge in [-0.1, -0.05) is 11.6 Å². The molecule has 2 aromatic rings. The van der Waals surface area contributed by atoms with Gasteiger partial charge in [-0.25, -0.2) is 4.98 Å². The van der Waals surface area contributed by atoms with E-state index in [-0.39, 0.29) is 10.8 Å². The number of nitrogens with one attached hydrogen (secondary N) is 1. The van der Waals surface area contributed by atoms with Crippen LogP contribution in [0.1, 0.15) is 11.3 Å². The average molecular weight is 464 g/mol. The molecular weight excluding hydrogens is 449 g/mol. The fraction of sp³-hybridized carbons (Fsp3) is 0.267. The molecule has 0 saturated heterocycles. The van der Waals surface area contributed by atoms with Crippen LogP contribution in [0.15, 0.2) is 18.2 Å². The highest BCUT2D eigenvalue weighted by Gasteiger charge is 2.25. The molecule has 128 valence electrons. The zero-order valence-electron chi connectivity index (χ0n) is 13.2. The summed E-state index contributed by atoms with van der Waals surface area (Å²) in [5, 5.41) is 14.3. The second-order valence-corrected chi connectivity index (χ2v) is 6.25. The summed E-state index contributed by atoms with van der Waals surface area (Å²) in [4.78, 5) is 14.8. The maximum absolute atomic E-state index is 11.3. The minimum atomic E-state index is -0.537. The van der Waals surface area contributed by atoms with Crippen LogP contribution in [0.5, 0.6) is 11.5 Å². The minimum absolute atomic E-state index is 0.137. The van der Waals surface area contributed by atoms with Crippen LogP contribution in [0.25, 0.3) is 0 Å². The summed E-state index contributed by atoms with van der Waals surface area (Å²) in [5.41, 5.74) is 1.56. The van der Waals surface area contributed by atoms with Gasteiger partial charge in [0.2, 0.25) is 5.15 Å². The van der Waals surface area contributed by atoms with Crippen LogP contribution in [0.4, 0.5) is 11.4 Å². The van der Waals surface area contributed by atoms with E-state index in [1.165, 1.54) is 0 Å². The minimum Gasteiger partial charge on any atom is -0.497 e. The van der Waals surface area contributed by atoms with Gasteiger partial charge in [-0.2, -0.15) is 0 Å². The number of anilines is 1. The van der Waals surface area contributed by atoms with Crippen LogP contribution in [0, 0.1) is 20.6 Å². The Labute approximate surface area is 157 Å². The second-order valence-electron chi connectivity index (χ2n) is 4.81. The Morgan fingerprint density at radius 1 is 1.38 bits per heavy atom. The van der Waals surface area contributed by atoms with E-state index in [0.29, 0.717) is 33.0 Å². The van der Waals surface area contributed by atoms with Crippen LogP contribution < -0.4 is 14.8 Å². The number of hydrogen-bond acceptors (Lipinski definition) is 6. The van der Waals surface area contributed by atoms with E-state index in [0.717, 1.165) is 5.56 Å². The molecule has 0 aliphatic carbocycles. The van der Waals surface area contributed by atoms with Gasteiger partial charge in [0.1, 0.15) is 17.2 Å². The Hall–Kier alpha value is -1.81. The SMILES string of the molecule is COc1ccc(CNc2c(I)c(C)nc(Cl)c2[N+](=O)[O-])c(OC)c1. The van der Waals surface area contributed by atoms with Gasteiger partial charge in [0.25, 0.3) is 0 Å². The summed E-state index contributed by atoms with van der Waals surface area (Å²) in [6.07, 6.45) is 0. The maximum Gasteiger partial charge on any atom is 0.330 e. The zero-order valence-corrected chi connectivity index (χ0v) is 16.1. The standard InChI is InChI=1S/C15H15ClIN3O4/c1-8-12(17)13(14(20(21)22)15(16)19-8)18-7-9-4-5-10(23-2)6-11(9)24-3/h4-6H,7H2,1-3H3,(H,18,19). The molecule has 0 radical (unpaired) electrons. The van der Waals surface area contributed by atoms with E-state index >= 15 is 0 Å². The van der Waals surface area contributed by atoms with Crippen molar-refractivity contribution in [2.24, 2.45) is 0 Å². The van der Waals surface area contributed by atoms with Crippen LogP contribution in [-0.4, -0.2) is 24.1 Å². The van der Waals surface area contributed by atoms with Crippen molar-refractivity contribution < 1.29 is 14.4 Å². The summed E-state index contributed by atoms with van der Waals surface area (Å²) in [5.74, 6) is 1.29. The van der Waals surface area contributed by atoms with Crippen molar-refractivity contribution in [1.82, 2.24) is 4.98 Å². The molecule has 0 atom stereocenters. The molecule has 0 unspecified atom stereocenters. The highest BCUT2D eigenvalue weighted by Crippen LogP contribution is 2.37. The molecule has 24 heavy (non-hydrogen) atoms. The molecule has 0 aliphatic rings. The largest absolute Gasteiger partial charge is 0.497 e. The molecule has 1 heterocycles. The van der Waals surface area contributed by atoms with E-state index in [2.05, 4.69) is 10.3 Å². The van der Waals surface area contributed by atoms with Crippen LogP contribution in [-0.2, 0) is 6.54 Å². The third kappa shape index (κ3) is 3.81. The summed E-state index contributed by atoms with van der Waals surface area (Å²) in [6, 6.07) is 5.38. The van der Waals surface area contributed by atoms with Gasteiger partial charge < -0.3 is 14.8 Å². The van der Waals surface area contributed by atoms with E-state index in [9.17, 15) is 10.1 Å². The first kappa shape index (κ1) is 18.5. The predicted octanol–water partition coefficient (Wildman–Crippen LogP) is 4.19. The van der Waals surface area contributed by atoms with Crippen molar-refractivity contribution in [3.8, 4) is 11.5 Å². The van der Waals surface area contributed by atoms with Crippen molar-refractivity contribution in [2.45, 2.75) is 13.5 Å². The van der Waals surface area contributed by atoms with Crippen molar-refractivity contribution in [1.29, 1.82) is 0 Å². The average Bonchev–Trinajstić information content (AvgIpc) is 2.56. The fourth-order valence-corrected chi connectivity index (χ4v) is 3.00. The van der Waals surface area contributed by atoms with Crippen molar-refractivity contribution in [2.75, 3.05) is 19.5 Å². The van der Waals surface area contributed by atoms with Crippen LogP contribution in [0.2, 0.25) is 5.15 Å². The number of aromatic nitrogens is 1. The lowest BCUT2D eigenvalue weighted by atomic mass is 10.2. The van der Waals surface area contributed by atoms with Gasteiger partial charge in [-0.3, -0.25) is 10.1 Å². The van der Waals surface area contributed by atoms with Crippen molar-refractivity contribution in [3.05, 3.63) is 48.3 Å². The number of hydrogen-bond donors (Lipinski definition) is 1. The van der Waals surface area contributed by atoms with Crippen molar-refractivity contribution in [3.63, 3.8) is 0 Å². The third-order valence-electron chi connectivity index (χ3n) is 3.37. The summed E-state index contributed by atoms with van der Waals surface area (Å²) < 4.78 is 11.1. The van der Waals surface area contributed by atoms with Gasteiger partial charge >= 0.3 is 5.69 Å². The Kier molecular flexibility index (Phi) is 6.05. The predicted molar refractivity (Wildman–Crippen MR) is 100 cm³/mol. The molecule has 0 aliphatic heterocycles. The van der Waals surface area contributed by atoms with Gasteiger partial charge in [0.15, 0.2) is 0 Å². The van der Waals surface area contributed by atoms with Crippen LogP contribution >= 0.6 is 34.2 Å². The monoisotopic (exact) mass is 463 g/mol. The number of methoxy groups -OCH3 is 2. The molecule has 0 fully saturated rings. The quantitative estimate of drug-likeness (QED) is 0.299. The number of pyridine rings is 1. The second kappa shape index (κ2) is 7.84. The first-order valence-corrected chi connectivity index (χ1v) is 8.29. The number of nitrogens with zero attached hydrogens (tertiary/aromatic N) is 2. The lowest BCUT2D eigenvalue weighted by Crippen LogP contribution is -2.08. The molecule has 1 N–H and O–H groups in total. The molecule has 1 aromatic heterocycles. The number of benzene rings is 1. The zero-order chi connectivity index (χ0) is 17.9. The topological polar surface area (TPSA) is 86.5 Å². The summed E-state index contributed by atoms with van der Waals surface area (Å²) >= 11 is 7.96. The first-order chi connectivity index (χ1) is 11.4. The summed E-state index contributed by atoms with van der Waals surface area (Å²) in [7, 11) is 3.12. The third-order valence-corrected chi connectivity index (χ3v) is 4.95. The number of rotatable bonds is 6. The van der Waals surface area contributed by atoms with Crippen molar-refractivity contribution >= 4 is 45.6 Å². The number of ether oxygens (including phenoxy) is 2. The lowest BCUT2D eigenvalue weighted by Gasteiger charge is -2.14. The lowest BCUT2D eigenvalue weighted by molar-refractivity contribution is -0.384. The molecule has 9 heteroatoms. The highest BCUT2D eigenvalue weighted by molar-refractivity contribution is 14.1. The molecule has 0 saturated carbocycles. The molecule has 0 spiro atoms. The van der Waals surface area contributed by atoms with Gasteiger partial charge in [-0.05, 0) is 41.6 Å². The Bertz CT molecular complexity index is 786. The van der Waals surface area contributed by atoms with E-state index in [4.69, 9.17) is 21.1 Å². The Balaban J connectivity index is 2.38. The number of nitro groups is 1. The molecule has 0 amide bonds. The fourth-order valence-electron chi connectivity index (χ4n) is 2.15. The molecular formula is C15H15ClIN3O4. The van der Waals surface area contributed by atoms with E-state index in [1.54, 1.807) is 33.3 Å². The molecule has 1 aromatic carbocycles. The Morgan fingerprint density at radius 3 is 2.67 bits per heavy atom. The Morgan fingerprint density at radius 2 is 2.08 bits per heavy atom. The van der Waals surface area contributed by atoms with E-state index in [1.807, 2.05) is 28.7 Å². The molecule has 2 rings (SSSR count). The number of aryl methyl sites for hydroxylation is 1. The molecule has 0 bridgehead atoms. The molecule has 7 nitrogen and oxygen atoms in total. The first-order valence-electron chi connectivity index (χ1n) is 6.83. The number of halogens is 2. The smallest absolute Gasteiger partial charge is 0.330 e. The maximum atomic E-state index is 11.3. The van der Waals surface area contributed by atoms with Gasteiger partial charge in [0, 0.05) is 18.2 Å². The normalized spacial score (nSPS) is 10.4. The van der Waals surface area contributed by atoms with Gasteiger partial charge in [0.05, 0.1) is 28.4 Å². The summed E-state index contributed by atoms with van der Waals surface area (Å²) in [6.45, 7) is 2.07. The van der Waals surface area contributed by atoms with E-state index < -0.39 is 4.92 Å².